The van der Waals surface area contributed by atoms with Gasteiger partial charge in [-0.3, -0.25) is 0 Å². The first-order valence-electron chi connectivity index (χ1n) is 7.98. The monoisotopic (exact) mass is 281 g/mol. The zero-order valence-corrected chi connectivity index (χ0v) is 11.9. The summed E-state index contributed by atoms with van der Waals surface area (Å²) in [4.78, 5) is 4.67. The molecule has 2 aromatic rings. The fourth-order valence-corrected chi connectivity index (χ4v) is 4.93. The summed E-state index contributed by atoms with van der Waals surface area (Å²) in [6.07, 6.45) is 4.29. The number of nitrogens with zero attached hydrogens (tertiary/aromatic N) is 2. The highest BCUT2D eigenvalue weighted by Crippen LogP contribution is 2.72. The molecule has 1 aromatic carbocycles. The fraction of sp³-hybridized carbons (Fsp3) is 0.529. The summed E-state index contributed by atoms with van der Waals surface area (Å²) in [7, 11) is 0. The smallest absolute Gasteiger partial charge is 0.230 e. The second kappa shape index (κ2) is 4.17. The van der Waals surface area contributed by atoms with Gasteiger partial charge in [-0.25, -0.2) is 0 Å². The predicted octanol–water partition coefficient (Wildman–Crippen LogP) is 2.95. The van der Waals surface area contributed by atoms with Gasteiger partial charge in [-0.1, -0.05) is 29.4 Å². The lowest BCUT2D eigenvalue weighted by molar-refractivity contribution is 0.356. The van der Waals surface area contributed by atoms with E-state index in [1.165, 1.54) is 19.3 Å². The Hall–Kier alpha value is -1.68. The summed E-state index contributed by atoms with van der Waals surface area (Å²) in [6.45, 7) is 0.561. The number of rotatable bonds is 3. The summed E-state index contributed by atoms with van der Waals surface area (Å²) in [5, 5.41) is 4.18. The summed E-state index contributed by atoms with van der Waals surface area (Å²) < 4.78 is 5.57. The maximum Gasteiger partial charge on any atom is 0.230 e. The van der Waals surface area contributed by atoms with E-state index >= 15 is 0 Å². The van der Waals surface area contributed by atoms with E-state index in [0.717, 1.165) is 40.7 Å². The molecule has 21 heavy (non-hydrogen) atoms. The van der Waals surface area contributed by atoms with Crippen LogP contribution in [0.1, 0.15) is 36.6 Å². The minimum atomic E-state index is 0.556. The largest absolute Gasteiger partial charge is 0.339 e. The third kappa shape index (κ3) is 1.65. The topological polar surface area (TPSA) is 64.9 Å². The van der Waals surface area contributed by atoms with Gasteiger partial charge in [0.25, 0.3) is 0 Å². The van der Waals surface area contributed by atoms with E-state index in [0.29, 0.717) is 18.3 Å². The van der Waals surface area contributed by atoms with Gasteiger partial charge in [0, 0.05) is 18.0 Å². The average molecular weight is 281 g/mol. The van der Waals surface area contributed by atoms with E-state index in [9.17, 15) is 0 Å². The highest BCUT2D eigenvalue weighted by Gasteiger charge is 2.67. The highest BCUT2D eigenvalue weighted by atomic mass is 16.5. The number of hydrogen-bond acceptors (Lipinski definition) is 4. The standard InChI is InChI=1S/C17H19N3O/c18-8-9-1-3-10(4-2-9)16-19-17(21-20-16)15-13-11-5-6-12(7-11)14(13)15/h1-4,11-15H,5-8,18H2. The molecule has 1 heterocycles. The second-order valence-electron chi connectivity index (χ2n) is 6.87. The number of hydrogen-bond donors (Lipinski definition) is 1. The molecule has 0 radical (unpaired) electrons. The Morgan fingerprint density at radius 3 is 2.48 bits per heavy atom. The third-order valence-corrected chi connectivity index (χ3v) is 5.91. The van der Waals surface area contributed by atoms with Crippen LogP contribution in [0.3, 0.4) is 0 Å². The molecule has 0 amide bonds. The van der Waals surface area contributed by atoms with E-state index in [2.05, 4.69) is 10.1 Å². The molecule has 3 aliphatic rings. The Morgan fingerprint density at radius 2 is 1.81 bits per heavy atom. The summed E-state index contributed by atoms with van der Waals surface area (Å²) in [6, 6.07) is 8.09. The Kier molecular flexibility index (Phi) is 2.37. The zero-order chi connectivity index (χ0) is 14.0. The maximum atomic E-state index is 5.63. The van der Waals surface area contributed by atoms with Gasteiger partial charge in [-0.2, -0.15) is 4.98 Å². The molecule has 3 saturated carbocycles. The number of benzene rings is 1. The van der Waals surface area contributed by atoms with Crippen molar-refractivity contribution in [3.8, 4) is 11.4 Å². The van der Waals surface area contributed by atoms with Crippen molar-refractivity contribution in [2.24, 2.45) is 29.4 Å². The van der Waals surface area contributed by atoms with Crippen LogP contribution < -0.4 is 5.73 Å². The third-order valence-electron chi connectivity index (χ3n) is 5.91. The number of aromatic nitrogens is 2. The van der Waals surface area contributed by atoms with Gasteiger partial charge in [0.15, 0.2) is 0 Å². The number of nitrogens with two attached hydrogens (primary N) is 1. The molecule has 3 aliphatic carbocycles. The molecule has 2 bridgehead atoms. The minimum Gasteiger partial charge on any atom is -0.339 e. The van der Waals surface area contributed by atoms with E-state index in [4.69, 9.17) is 10.3 Å². The lowest BCUT2D eigenvalue weighted by atomic mass is 10.0. The first-order chi connectivity index (χ1) is 10.3. The highest BCUT2D eigenvalue weighted by molar-refractivity contribution is 5.54. The van der Waals surface area contributed by atoms with Crippen LogP contribution >= 0.6 is 0 Å². The molecule has 4 nitrogen and oxygen atoms in total. The Labute approximate surface area is 123 Å². The van der Waals surface area contributed by atoms with Crippen LogP contribution in [-0.2, 0) is 6.54 Å². The second-order valence-corrected chi connectivity index (χ2v) is 6.87. The molecule has 3 fully saturated rings. The lowest BCUT2D eigenvalue weighted by Gasteiger charge is -2.04. The molecule has 1 aromatic heterocycles. The molecule has 2 N–H and O–H groups in total. The molecule has 0 aliphatic heterocycles. The molecular weight excluding hydrogens is 262 g/mol. The number of fused-ring (bicyclic) bond motifs is 5. The van der Waals surface area contributed by atoms with Gasteiger partial charge < -0.3 is 10.3 Å². The van der Waals surface area contributed by atoms with Crippen molar-refractivity contribution in [3.05, 3.63) is 35.7 Å². The van der Waals surface area contributed by atoms with Crippen molar-refractivity contribution in [2.75, 3.05) is 0 Å². The van der Waals surface area contributed by atoms with Crippen LogP contribution in [0, 0.1) is 23.7 Å². The lowest BCUT2D eigenvalue weighted by Crippen LogP contribution is -1.97. The molecule has 4 unspecified atom stereocenters. The summed E-state index contributed by atoms with van der Waals surface area (Å²) in [5.41, 5.74) is 7.76. The van der Waals surface area contributed by atoms with Crippen LogP contribution in [0.15, 0.2) is 28.8 Å². The van der Waals surface area contributed by atoms with Gasteiger partial charge in [0.2, 0.25) is 11.7 Å². The van der Waals surface area contributed by atoms with Crippen molar-refractivity contribution in [2.45, 2.75) is 31.7 Å². The van der Waals surface area contributed by atoms with E-state index in [-0.39, 0.29) is 0 Å². The SMILES string of the molecule is NCc1ccc(-c2noc(C3C4C5CCC(C5)C34)n2)cc1. The van der Waals surface area contributed by atoms with Crippen molar-refractivity contribution >= 4 is 0 Å². The minimum absolute atomic E-state index is 0.556. The van der Waals surface area contributed by atoms with Gasteiger partial charge in [-0.05, 0) is 48.5 Å². The van der Waals surface area contributed by atoms with Crippen molar-refractivity contribution in [1.29, 1.82) is 0 Å². The van der Waals surface area contributed by atoms with Crippen LogP contribution in [0.25, 0.3) is 11.4 Å². The van der Waals surface area contributed by atoms with E-state index in [1.807, 2.05) is 24.3 Å². The Bertz CT molecular complexity index is 662. The predicted molar refractivity (Wildman–Crippen MR) is 78.2 cm³/mol. The molecule has 4 atom stereocenters. The molecule has 108 valence electrons. The fourth-order valence-electron chi connectivity index (χ4n) is 4.93. The van der Waals surface area contributed by atoms with Gasteiger partial charge >= 0.3 is 0 Å². The van der Waals surface area contributed by atoms with Crippen LogP contribution in [0.5, 0.6) is 0 Å². The quantitative estimate of drug-likeness (QED) is 0.939. The van der Waals surface area contributed by atoms with Crippen LogP contribution in [0.4, 0.5) is 0 Å². The van der Waals surface area contributed by atoms with Crippen LogP contribution in [-0.4, -0.2) is 10.1 Å². The van der Waals surface area contributed by atoms with Gasteiger partial charge in [-0.15, -0.1) is 0 Å². The molecular formula is C17H19N3O. The zero-order valence-electron chi connectivity index (χ0n) is 11.9. The first kappa shape index (κ1) is 11.9. The Balaban J connectivity index is 1.40. The van der Waals surface area contributed by atoms with Crippen LogP contribution in [0.2, 0.25) is 0 Å². The van der Waals surface area contributed by atoms with Crippen molar-refractivity contribution < 1.29 is 4.52 Å². The van der Waals surface area contributed by atoms with Gasteiger partial charge in [0.05, 0.1) is 0 Å². The van der Waals surface area contributed by atoms with E-state index in [1.54, 1.807) is 0 Å². The average Bonchev–Trinajstić information content (AvgIpc) is 2.94. The van der Waals surface area contributed by atoms with Crippen molar-refractivity contribution in [1.82, 2.24) is 10.1 Å². The first-order valence-corrected chi connectivity index (χ1v) is 7.98. The van der Waals surface area contributed by atoms with Crippen molar-refractivity contribution in [3.63, 3.8) is 0 Å². The molecule has 0 saturated heterocycles. The summed E-state index contributed by atoms with van der Waals surface area (Å²) in [5.74, 6) is 5.70. The maximum absolute atomic E-state index is 5.63. The normalized spacial score (nSPS) is 36.0. The molecule has 4 heteroatoms. The molecule has 5 rings (SSSR count). The van der Waals surface area contributed by atoms with E-state index < -0.39 is 0 Å². The molecule has 0 spiro atoms. The Morgan fingerprint density at radius 1 is 1.10 bits per heavy atom. The van der Waals surface area contributed by atoms with Gasteiger partial charge in [0.1, 0.15) is 0 Å². The summed E-state index contributed by atoms with van der Waals surface area (Å²) >= 11 is 0.